The van der Waals surface area contributed by atoms with E-state index in [2.05, 4.69) is 47.8 Å². The minimum Gasteiger partial charge on any atom is -0.466 e. The molecule has 0 bridgehead atoms. The lowest BCUT2D eigenvalue weighted by molar-refractivity contribution is -0.150. The number of nitrogens with zero attached hydrogens (tertiary/aromatic N) is 4. The number of allylic oxidation sites excluding steroid dienone is 2. The van der Waals surface area contributed by atoms with Crippen molar-refractivity contribution in [3.63, 3.8) is 0 Å². The highest BCUT2D eigenvalue weighted by molar-refractivity contribution is 5.69. The number of ether oxygens (including phenoxy) is 2. The van der Waals surface area contributed by atoms with Crippen LogP contribution in [-0.2, 0) is 19.1 Å². The van der Waals surface area contributed by atoms with Crippen LogP contribution in [-0.4, -0.2) is 55.7 Å². The van der Waals surface area contributed by atoms with Crippen LogP contribution in [0.3, 0.4) is 0 Å². The minimum absolute atomic E-state index is 0.00428. The molecule has 0 rings (SSSR count). The average Bonchev–Trinajstić information content (AvgIpc) is 3.12. The fourth-order valence-corrected chi connectivity index (χ4v) is 6.50. The Hall–Kier alpha value is -2.05. The summed E-state index contributed by atoms with van der Waals surface area (Å²) in [7, 11) is 0. The summed E-state index contributed by atoms with van der Waals surface area (Å²) in [5, 5.41) is 3.74. The van der Waals surface area contributed by atoms with Crippen LogP contribution < -0.4 is 0 Å². The van der Waals surface area contributed by atoms with Gasteiger partial charge in [-0.25, -0.2) is 0 Å². The van der Waals surface area contributed by atoms with Crippen molar-refractivity contribution < 1.29 is 19.1 Å². The highest BCUT2D eigenvalue weighted by Gasteiger charge is 2.14. The van der Waals surface area contributed by atoms with E-state index in [4.69, 9.17) is 15.0 Å². The Balaban J connectivity index is 4.17. The lowest BCUT2D eigenvalue weighted by Crippen LogP contribution is -2.28. The Morgan fingerprint density at radius 2 is 1.06 bits per heavy atom. The number of rotatable bonds is 40. The number of carbonyl (C=O) groups excluding carboxylic acids is 2. The number of hydrogen-bond acceptors (Lipinski definition) is 6. The van der Waals surface area contributed by atoms with Gasteiger partial charge < -0.3 is 14.4 Å². The average molecular weight is 719 g/mol. The molecule has 8 nitrogen and oxygen atoms in total. The molecule has 0 spiro atoms. The normalized spacial score (nSPS) is 11.5. The molecule has 0 aromatic rings. The van der Waals surface area contributed by atoms with Crippen LogP contribution in [0.4, 0.5) is 0 Å². The third-order valence-corrected chi connectivity index (χ3v) is 9.77. The van der Waals surface area contributed by atoms with Gasteiger partial charge >= 0.3 is 11.9 Å². The SMILES string of the molecule is CCCCC/C=C\CCCOC(=O)CCCCCN(CCCCCCCC(=O)OC(CCCCCCCC)CCCCCCCC)CCN=[N+]=[N-]. The molecule has 0 amide bonds. The lowest BCUT2D eigenvalue weighted by atomic mass is 10.0. The van der Waals surface area contributed by atoms with Gasteiger partial charge in [-0.05, 0) is 95.7 Å². The van der Waals surface area contributed by atoms with E-state index in [1.54, 1.807) is 0 Å². The Bertz CT molecular complexity index is 830. The van der Waals surface area contributed by atoms with Crippen molar-refractivity contribution in [3.8, 4) is 0 Å². The second kappa shape index (κ2) is 40.7. The summed E-state index contributed by atoms with van der Waals surface area (Å²) in [5.74, 6) is -0.0908. The van der Waals surface area contributed by atoms with Gasteiger partial charge in [-0.3, -0.25) is 9.59 Å². The highest BCUT2D eigenvalue weighted by atomic mass is 16.5. The van der Waals surface area contributed by atoms with Crippen LogP contribution in [0.2, 0.25) is 0 Å². The first-order chi connectivity index (χ1) is 25.1. The summed E-state index contributed by atoms with van der Waals surface area (Å²) in [6.07, 6.45) is 37.9. The van der Waals surface area contributed by atoms with E-state index >= 15 is 0 Å². The third kappa shape index (κ3) is 37.5. The molecule has 0 saturated heterocycles. The molecular formula is C43H82N4O4. The van der Waals surface area contributed by atoms with Gasteiger partial charge in [0.15, 0.2) is 0 Å². The first kappa shape index (κ1) is 49.0. The Labute approximate surface area is 315 Å². The number of azide groups is 1. The van der Waals surface area contributed by atoms with Gasteiger partial charge in [-0.1, -0.05) is 141 Å². The molecule has 0 aromatic carbocycles. The van der Waals surface area contributed by atoms with Crippen LogP contribution >= 0.6 is 0 Å². The second-order valence-electron chi connectivity index (χ2n) is 14.7. The molecule has 0 aliphatic carbocycles. The zero-order valence-electron chi connectivity index (χ0n) is 33.9. The lowest BCUT2D eigenvalue weighted by Gasteiger charge is -2.21. The summed E-state index contributed by atoms with van der Waals surface area (Å²) < 4.78 is 11.4. The van der Waals surface area contributed by atoms with E-state index in [0.717, 1.165) is 103 Å². The number of carbonyl (C=O) groups is 2. The maximum Gasteiger partial charge on any atom is 0.306 e. The Kier molecular flexibility index (Phi) is 39.1. The van der Waals surface area contributed by atoms with Gasteiger partial charge in [0.25, 0.3) is 0 Å². The van der Waals surface area contributed by atoms with Gasteiger partial charge in [-0.2, -0.15) is 0 Å². The van der Waals surface area contributed by atoms with Gasteiger partial charge in [0.2, 0.25) is 0 Å². The van der Waals surface area contributed by atoms with Crippen LogP contribution in [0.25, 0.3) is 10.4 Å². The minimum atomic E-state index is -0.0865. The maximum absolute atomic E-state index is 12.7. The maximum atomic E-state index is 12.7. The number of hydrogen-bond donors (Lipinski definition) is 0. The smallest absolute Gasteiger partial charge is 0.306 e. The molecule has 51 heavy (non-hydrogen) atoms. The van der Waals surface area contributed by atoms with E-state index in [1.165, 1.54) is 96.3 Å². The first-order valence-electron chi connectivity index (χ1n) is 21.8. The van der Waals surface area contributed by atoms with Crippen molar-refractivity contribution in [2.75, 3.05) is 32.8 Å². The molecule has 0 fully saturated rings. The molecule has 298 valence electrons. The standard InChI is InChI=1S/C43H82N4O4/c1-4-7-10-13-16-17-23-31-40-50-42(48)34-28-24-30-38-47(39-36-45-46-44)37-29-22-18-21-27-35-43(49)51-41(32-25-19-14-11-8-5-2)33-26-20-15-12-9-6-3/h16-17,41H,4-15,18-40H2,1-3H3/b17-16-. The Morgan fingerprint density at radius 1 is 0.588 bits per heavy atom. The monoisotopic (exact) mass is 719 g/mol. The zero-order chi connectivity index (χ0) is 37.3. The summed E-state index contributed by atoms with van der Waals surface area (Å²) in [4.78, 5) is 30.1. The first-order valence-corrected chi connectivity index (χ1v) is 21.8. The summed E-state index contributed by atoms with van der Waals surface area (Å²) in [6.45, 7) is 10.4. The summed E-state index contributed by atoms with van der Waals surface area (Å²) in [5.41, 5.74) is 8.71. The molecule has 0 heterocycles. The van der Waals surface area contributed by atoms with E-state index in [0.29, 0.717) is 26.0 Å². The fraction of sp³-hybridized carbons (Fsp3) is 0.907. The molecule has 8 heteroatoms. The molecule has 0 aliphatic heterocycles. The molecule has 0 radical (unpaired) electrons. The highest BCUT2D eigenvalue weighted by Crippen LogP contribution is 2.18. The van der Waals surface area contributed by atoms with Crippen LogP contribution in [0.1, 0.15) is 213 Å². The van der Waals surface area contributed by atoms with Crippen molar-refractivity contribution in [3.05, 3.63) is 22.6 Å². The molecular weight excluding hydrogens is 636 g/mol. The van der Waals surface area contributed by atoms with Gasteiger partial charge in [0.1, 0.15) is 6.10 Å². The fourth-order valence-electron chi connectivity index (χ4n) is 6.50. The van der Waals surface area contributed by atoms with Gasteiger partial charge in [0, 0.05) is 30.8 Å². The second-order valence-corrected chi connectivity index (χ2v) is 14.7. The van der Waals surface area contributed by atoms with Crippen molar-refractivity contribution >= 4 is 11.9 Å². The molecule has 0 atom stereocenters. The molecule has 0 aromatic heterocycles. The van der Waals surface area contributed by atoms with Crippen LogP contribution in [0.5, 0.6) is 0 Å². The van der Waals surface area contributed by atoms with Gasteiger partial charge in [-0.15, -0.1) is 0 Å². The van der Waals surface area contributed by atoms with Crippen LogP contribution in [0.15, 0.2) is 17.3 Å². The number of esters is 2. The molecule has 0 aliphatic rings. The van der Waals surface area contributed by atoms with E-state index in [9.17, 15) is 9.59 Å². The van der Waals surface area contributed by atoms with E-state index in [-0.39, 0.29) is 18.0 Å². The summed E-state index contributed by atoms with van der Waals surface area (Å²) >= 11 is 0. The molecule has 0 saturated carbocycles. The molecule has 0 N–H and O–H groups in total. The van der Waals surface area contributed by atoms with E-state index < -0.39 is 0 Å². The van der Waals surface area contributed by atoms with Crippen molar-refractivity contribution in [1.82, 2.24) is 4.90 Å². The topological polar surface area (TPSA) is 105 Å². The predicted molar refractivity (Wildman–Crippen MR) is 216 cm³/mol. The zero-order valence-corrected chi connectivity index (χ0v) is 33.9. The summed E-state index contributed by atoms with van der Waals surface area (Å²) in [6, 6.07) is 0. The van der Waals surface area contributed by atoms with Crippen molar-refractivity contribution in [1.29, 1.82) is 0 Å². The van der Waals surface area contributed by atoms with Gasteiger partial charge in [0.05, 0.1) is 6.61 Å². The Morgan fingerprint density at radius 3 is 1.65 bits per heavy atom. The van der Waals surface area contributed by atoms with Crippen molar-refractivity contribution in [2.45, 2.75) is 219 Å². The van der Waals surface area contributed by atoms with E-state index in [1.807, 2.05) is 0 Å². The number of unbranched alkanes of at least 4 members (excludes halogenated alkanes) is 20. The largest absolute Gasteiger partial charge is 0.466 e. The quantitative estimate of drug-likeness (QED) is 0.0157. The molecule has 0 unspecified atom stereocenters. The van der Waals surface area contributed by atoms with Crippen molar-refractivity contribution in [2.24, 2.45) is 5.11 Å². The van der Waals surface area contributed by atoms with Crippen LogP contribution in [0, 0.1) is 0 Å². The third-order valence-electron chi connectivity index (χ3n) is 9.77. The predicted octanol–water partition coefficient (Wildman–Crippen LogP) is 13.4.